The van der Waals surface area contributed by atoms with Gasteiger partial charge in [0, 0.05) is 10.4 Å². The molecule has 1 atom stereocenters. The lowest BCUT2D eigenvalue weighted by Crippen LogP contribution is -2.47. The predicted molar refractivity (Wildman–Crippen MR) is 59.3 cm³/mol. The Balaban J connectivity index is 2.86. The Bertz CT molecular complexity index is 241. The normalized spacial score (nSPS) is 14.5. The lowest BCUT2D eigenvalue weighted by molar-refractivity contribution is 0.315. The highest BCUT2D eigenvalue weighted by Gasteiger charge is 2.28. The van der Waals surface area contributed by atoms with E-state index >= 15 is 0 Å². The van der Waals surface area contributed by atoms with E-state index in [-0.39, 0.29) is 5.54 Å². The average molecular weight is 198 g/mol. The number of likely N-dealkylation sites (N-methyl/N-ethyl adjacent to an activating group) is 2. The van der Waals surface area contributed by atoms with Crippen molar-refractivity contribution < 1.29 is 0 Å². The van der Waals surface area contributed by atoms with Gasteiger partial charge in [-0.2, -0.15) is 0 Å². The van der Waals surface area contributed by atoms with Crippen LogP contribution in [0.15, 0.2) is 17.5 Å². The molecule has 1 rings (SSSR count). The van der Waals surface area contributed by atoms with E-state index in [9.17, 15) is 0 Å². The van der Waals surface area contributed by atoms with E-state index < -0.39 is 0 Å². The van der Waals surface area contributed by atoms with Crippen LogP contribution >= 0.6 is 11.3 Å². The Kier molecular flexibility index (Phi) is 3.47. The van der Waals surface area contributed by atoms with E-state index in [0.717, 1.165) is 0 Å². The number of thiophene rings is 1. The zero-order valence-corrected chi connectivity index (χ0v) is 9.53. The minimum atomic E-state index is 0.0829. The van der Waals surface area contributed by atoms with E-state index in [2.05, 4.69) is 42.0 Å². The van der Waals surface area contributed by atoms with Gasteiger partial charge in [0.2, 0.25) is 0 Å². The van der Waals surface area contributed by atoms with Gasteiger partial charge in [0.25, 0.3) is 0 Å². The second-order valence-corrected chi connectivity index (χ2v) is 4.69. The van der Waals surface area contributed by atoms with Gasteiger partial charge in [0.15, 0.2) is 0 Å². The van der Waals surface area contributed by atoms with Crippen molar-refractivity contribution in [3.8, 4) is 0 Å². The second-order valence-electron chi connectivity index (χ2n) is 3.71. The molecule has 0 amide bonds. The van der Waals surface area contributed by atoms with Crippen molar-refractivity contribution in [2.75, 3.05) is 14.1 Å². The van der Waals surface area contributed by atoms with Crippen LogP contribution in [-0.4, -0.2) is 19.6 Å². The van der Waals surface area contributed by atoms with E-state index in [1.807, 2.05) is 14.1 Å². The van der Waals surface area contributed by atoms with Crippen LogP contribution in [-0.2, 0) is 0 Å². The topological polar surface area (TPSA) is 24.1 Å². The van der Waals surface area contributed by atoms with E-state index in [4.69, 9.17) is 0 Å². The molecule has 0 aliphatic carbocycles. The third kappa shape index (κ3) is 2.30. The van der Waals surface area contributed by atoms with Crippen molar-refractivity contribution in [2.24, 2.45) is 0 Å². The summed E-state index contributed by atoms with van der Waals surface area (Å²) in [7, 11) is 4.00. The Morgan fingerprint density at radius 1 is 1.38 bits per heavy atom. The standard InChI is InChI=1S/C10H18N2S/c1-10(2,12-4)9(11-3)8-6-5-7-13-8/h5-7,9,11-12H,1-4H3. The van der Waals surface area contributed by atoms with Gasteiger partial charge in [-0.25, -0.2) is 0 Å². The first-order valence-electron chi connectivity index (χ1n) is 4.51. The van der Waals surface area contributed by atoms with Gasteiger partial charge in [-0.1, -0.05) is 6.07 Å². The number of rotatable bonds is 4. The van der Waals surface area contributed by atoms with E-state index in [1.54, 1.807) is 11.3 Å². The molecule has 0 aliphatic heterocycles. The molecular weight excluding hydrogens is 180 g/mol. The van der Waals surface area contributed by atoms with Crippen LogP contribution in [0.25, 0.3) is 0 Å². The maximum Gasteiger partial charge on any atom is 0.0591 e. The molecule has 1 heterocycles. The average Bonchev–Trinajstić information content (AvgIpc) is 2.58. The molecule has 1 unspecified atom stereocenters. The maximum atomic E-state index is 3.34. The van der Waals surface area contributed by atoms with Crippen molar-refractivity contribution in [3.05, 3.63) is 22.4 Å². The lowest BCUT2D eigenvalue weighted by Gasteiger charge is -2.33. The van der Waals surface area contributed by atoms with Crippen LogP contribution < -0.4 is 10.6 Å². The molecule has 0 saturated heterocycles. The first kappa shape index (κ1) is 10.7. The Hall–Kier alpha value is -0.380. The monoisotopic (exact) mass is 198 g/mol. The molecule has 74 valence electrons. The van der Waals surface area contributed by atoms with E-state index in [0.29, 0.717) is 6.04 Å². The van der Waals surface area contributed by atoms with Gasteiger partial charge in [-0.15, -0.1) is 11.3 Å². The summed E-state index contributed by atoms with van der Waals surface area (Å²) >= 11 is 1.80. The summed E-state index contributed by atoms with van der Waals surface area (Å²) in [6.07, 6.45) is 0. The molecule has 3 heteroatoms. The summed E-state index contributed by atoms with van der Waals surface area (Å²) < 4.78 is 0. The molecule has 0 spiro atoms. The smallest absolute Gasteiger partial charge is 0.0591 e. The van der Waals surface area contributed by atoms with Crippen molar-refractivity contribution in [2.45, 2.75) is 25.4 Å². The number of hydrogen-bond acceptors (Lipinski definition) is 3. The quantitative estimate of drug-likeness (QED) is 0.773. The third-order valence-electron chi connectivity index (χ3n) is 2.48. The predicted octanol–water partition coefficient (Wildman–Crippen LogP) is 2.01. The number of nitrogens with one attached hydrogen (secondary N) is 2. The first-order chi connectivity index (χ1) is 6.11. The van der Waals surface area contributed by atoms with Crippen molar-refractivity contribution >= 4 is 11.3 Å². The van der Waals surface area contributed by atoms with Crippen molar-refractivity contribution in [3.63, 3.8) is 0 Å². The maximum absolute atomic E-state index is 3.34. The van der Waals surface area contributed by atoms with Crippen LogP contribution in [0.5, 0.6) is 0 Å². The van der Waals surface area contributed by atoms with Crippen LogP contribution in [0.1, 0.15) is 24.8 Å². The molecule has 0 fully saturated rings. The summed E-state index contributed by atoms with van der Waals surface area (Å²) in [6, 6.07) is 4.64. The van der Waals surface area contributed by atoms with Crippen molar-refractivity contribution in [1.82, 2.24) is 10.6 Å². The van der Waals surface area contributed by atoms with Gasteiger partial charge >= 0.3 is 0 Å². The molecule has 0 aliphatic rings. The van der Waals surface area contributed by atoms with E-state index in [1.165, 1.54) is 4.88 Å². The summed E-state index contributed by atoms with van der Waals surface area (Å²) in [5.74, 6) is 0. The molecule has 2 nitrogen and oxygen atoms in total. The van der Waals surface area contributed by atoms with Crippen LogP contribution in [0.3, 0.4) is 0 Å². The Morgan fingerprint density at radius 3 is 2.46 bits per heavy atom. The number of hydrogen-bond donors (Lipinski definition) is 2. The fraction of sp³-hybridized carbons (Fsp3) is 0.600. The molecule has 0 saturated carbocycles. The molecule has 1 aromatic heterocycles. The van der Waals surface area contributed by atoms with Crippen LogP contribution in [0, 0.1) is 0 Å². The van der Waals surface area contributed by atoms with Gasteiger partial charge < -0.3 is 10.6 Å². The molecule has 1 aromatic rings. The largest absolute Gasteiger partial charge is 0.313 e. The third-order valence-corrected chi connectivity index (χ3v) is 3.42. The highest BCUT2D eigenvalue weighted by atomic mass is 32.1. The first-order valence-corrected chi connectivity index (χ1v) is 5.39. The molecular formula is C10H18N2S. The van der Waals surface area contributed by atoms with Gasteiger partial charge in [-0.05, 0) is 39.4 Å². The molecule has 2 N–H and O–H groups in total. The SMILES string of the molecule is CNC(c1cccs1)C(C)(C)NC. The zero-order chi connectivity index (χ0) is 9.90. The van der Waals surface area contributed by atoms with Gasteiger partial charge in [0.05, 0.1) is 6.04 Å². The Labute approximate surface area is 84.4 Å². The minimum Gasteiger partial charge on any atom is -0.313 e. The molecule has 0 aromatic carbocycles. The molecule has 13 heavy (non-hydrogen) atoms. The highest BCUT2D eigenvalue weighted by Crippen LogP contribution is 2.28. The fourth-order valence-corrected chi connectivity index (χ4v) is 2.48. The van der Waals surface area contributed by atoms with Crippen LogP contribution in [0.4, 0.5) is 0 Å². The van der Waals surface area contributed by atoms with Crippen LogP contribution in [0.2, 0.25) is 0 Å². The second kappa shape index (κ2) is 4.22. The lowest BCUT2D eigenvalue weighted by atomic mass is 9.94. The fourth-order valence-electron chi connectivity index (χ4n) is 1.46. The summed E-state index contributed by atoms with van der Waals surface area (Å²) in [4.78, 5) is 1.38. The summed E-state index contributed by atoms with van der Waals surface area (Å²) in [6.45, 7) is 4.40. The zero-order valence-electron chi connectivity index (χ0n) is 8.72. The minimum absolute atomic E-state index is 0.0829. The Morgan fingerprint density at radius 2 is 2.08 bits per heavy atom. The van der Waals surface area contributed by atoms with Gasteiger partial charge in [-0.3, -0.25) is 0 Å². The summed E-state index contributed by atoms with van der Waals surface area (Å²) in [5.41, 5.74) is 0.0829. The highest BCUT2D eigenvalue weighted by molar-refractivity contribution is 7.10. The molecule has 0 radical (unpaired) electrons. The molecule has 0 bridgehead atoms. The van der Waals surface area contributed by atoms with Gasteiger partial charge in [0.1, 0.15) is 0 Å². The van der Waals surface area contributed by atoms with Crippen molar-refractivity contribution in [1.29, 1.82) is 0 Å². The summed E-state index contributed by atoms with van der Waals surface area (Å²) in [5, 5.41) is 8.78.